The summed E-state index contributed by atoms with van der Waals surface area (Å²) in [7, 11) is 3.14. The number of ether oxygens (including phenoxy) is 3. The minimum absolute atomic E-state index is 0.0760. The van der Waals surface area contributed by atoms with Crippen molar-refractivity contribution < 1.29 is 19.0 Å². The molecule has 1 aliphatic heterocycles. The summed E-state index contributed by atoms with van der Waals surface area (Å²) < 4.78 is 17.6. The minimum Gasteiger partial charge on any atom is -0.497 e. The van der Waals surface area contributed by atoms with E-state index in [2.05, 4.69) is 15.5 Å². The molecule has 0 saturated carbocycles. The van der Waals surface area contributed by atoms with Gasteiger partial charge in [0.05, 0.1) is 38.2 Å². The Morgan fingerprint density at radius 3 is 2.90 bits per heavy atom. The lowest BCUT2D eigenvalue weighted by Crippen LogP contribution is -2.33. The van der Waals surface area contributed by atoms with Crippen molar-refractivity contribution in [3.8, 4) is 28.6 Å². The van der Waals surface area contributed by atoms with Crippen molar-refractivity contribution in [1.82, 2.24) is 20.2 Å². The van der Waals surface area contributed by atoms with Crippen LogP contribution >= 0.6 is 11.8 Å². The fourth-order valence-corrected chi connectivity index (χ4v) is 4.07. The molecule has 1 unspecified atom stereocenters. The number of para-hydroxylation sites is 1. The number of nitrogens with zero attached hydrogens (tertiary/aromatic N) is 3. The quantitative estimate of drug-likeness (QED) is 0.424. The maximum atomic E-state index is 12.5. The molecule has 0 aliphatic carbocycles. The number of amides is 1. The van der Waals surface area contributed by atoms with E-state index in [0.29, 0.717) is 34.7 Å². The molecule has 0 fully saturated rings. The first-order valence-electron chi connectivity index (χ1n) is 9.67. The number of nitrogens with two attached hydrogens (primary N) is 1. The smallest absolute Gasteiger partial charge is 0.230 e. The predicted molar refractivity (Wildman–Crippen MR) is 117 cm³/mol. The van der Waals surface area contributed by atoms with E-state index in [4.69, 9.17) is 20.1 Å². The molecule has 9 nitrogen and oxygen atoms in total. The summed E-state index contributed by atoms with van der Waals surface area (Å²) in [5.41, 5.74) is 1.66. The fourth-order valence-electron chi connectivity index (χ4n) is 3.40. The van der Waals surface area contributed by atoms with Crippen LogP contribution < -0.4 is 25.4 Å². The van der Waals surface area contributed by atoms with Crippen LogP contribution in [0, 0.1) is 0 Å². The van der Waals surface area contributed by atoms with Crippen LogP contribution in [0.5, 0.6) is 17.2 Å². The second-order valence-electron chi connectivity index (χ2n) is 6.83. The van der Waals surface area contributed by atoms with Crippen molar-refractivity contribution in [1.29, 1.82) is 0 Å². The van der Waals surface area contributed by atoms with Crippen LogP contribution in [0.1, 0.15) is 18.0 Å². The largest absolute Gasteiger partial charge is 0.497 e. The molecule has 0 bridgehead atoms. The lowest BCUT2D eigenvalue weighted by atomic mass is 10.0. The van der Waals surface area contributed by atoms with Gasteiger partial charge >= 0.3 is 0 Å². The molecular formula is C21H23N5O4S. The SMILES string of the molecule is COc1ccc(-c2nnc(SCC(=O)NC3CCOc4ccccc43)n2N)c(OC)c1. The van der Waals surface area contributed by atoms with Crippen LogP contribution in [-0.2, 0) is 4.79 Å². The van der Waals surface area contributed by atoms with Crippen LogP contribution in [0.4, 0.5) is 0 Å². The highest BCUT2D eigenvalue weighted by Crippen LogP contribution is 2.33. The van der Waals surface area contributed by atoms with Crippen LogP contribution in [-0.4, -0.2) is 47.4 Å². The Morgan fingerprint density at radius 2 is 2.10 bits per heavy atom. The van der Waals surface area contributed by atoms with E-state index in [1.807, 2.05) is 24.3 Å². The maximum absolute atomic E-state index is 12.5. The number of thioether (sulfide) groups is 1. The normalized spacial score (nSPS) is 15.0. The van der Waals surface area contributed by atoms with E-state index >= 15 is 0 Å². The van der Waals surface area contributed by atoms with Gasteiger partial charge in [0.25, 0.3) is 0 Å². The van der Waals surface area contributed by atoms with Crippen LogP contribution in [0.2, 0.25) is 0 Å². The van der Waals surface area contributed by atoms with Crippen LogP contribution in [0.25, 0.3) is 11.4 Å². The molecule has 3 aromatic rings. The number of hydrogen-bond donors (Lipinski definition) is 2. The summed E-state index contributed by atoms with van der Waals surface area (Å²) in [4.78, 5) is 12.5. The fraction of sp³-hybridized carbons (Fsp3) is 0.286. The zero-order valence-corrected chi connectivity index (χ0v) is 18.0. The summed E-state index contributed by atoms with van der Waals surface area (Å²) >= 11 is 1.22. The Kier molecular flexibility index (Phi) is 6.17. The molecule has 1 aliphatic rings. The molecule has 2 heterocycles. The van der Waals surface area contributed by atoms with Gasteiger partial charge in [-0.2, -0.15) is 0 Å². The van der Waals surface area contributed by atoms with Gasteiger partial charge in [-0.1, -0.05) is 30.0 Å². The first-order chi connectivity index (χ1) is 15.1. The number of benzene rings is 2. The lowest BCUT2D eigenvalue weighted by molar-refractivity contribution is -0.119. The molecule has 1 atom stereocenters. The van der Waals surface area contributed by atoms with E-state index in [-0.39, 0.29) is 17.7 Å². The Labute approximate surface area is 183 Å². The van der Waals surface area contributed by atoms with Crippen LogP contribution in [0.15, 0.2) is 47.6 Å². The summed E-state index contributed by atoms with van der Waals surface area (Å²) in [6.07, 6.45) is 0.724. The zero-order chi connectivity index (χ0) is 21.8. The predicted octanol–water partition coefficient (Wildman–Crippen LogP) is 2.41. The molecule has 10 heteroatoms. The van der Waals surface area contributed by atoms with E-state index in [1.165, 1.54) is 16.4 Å². The Morgan fingerprint density at radius 1 is 1.26 bits per heavy atom. The van der Waals surface area contributed by atoms with Crippen LogP contribution in [0.3, 0.4) is 0 Å². The standard InChI is InChI=1S/C21H23N5O4S/c1-28-13-7-8-15(18(11-13)29-2)20-24-25-21(26(20)22)31-12-19(27)23-16-9-10-30-17-6-4-3-5-14(16)17/h3-8,11,16H,9-10,12,22H2,1-2H3,(H,23,27). The third-order valence-corrected chi connectivity index (χ3v) is 5.88. The summed E-state index contributed by atoms with van der Waals surface area (Å²) in [6.45, 7) is 0.569. The topological polar surface area (TPSA) is 114 Å². The molecule has 0 radical (unpaired) electrons. The van der Waals surface area contributed by atoms with Gasteiger partial charge in [-0.25, -0.2) is 4.68 Å². The number of carbonyl (C=O) groups excluding carboxylic acids is 1. The number of nitrogens with one attached hydrogen (secondary N) is 1. The molecule has 31 heavy (non-hydrogen) atoms. The number of fused-ring (bicyclic) bond motifs is 1. The van der Waals surface area contributed by atoms with Crippen molar-refractivity contribution in [2.24, 2.45) is 0 Å². The summed E-state index contributed by atoms with van der Waals surface area (Å²) in [5.74, 6) is 8.71. The average Bonchev–Trinajstić information content (AvgIpc) is 3.17. The second kappa shape index (κ2) is 9.17. The average molecular weight is 442 g/mol. The Balaban J connectivity index is 1.43. The van der Waals surface area contributed by atoms with Gasteiger partial charge < -0.3 is 25.4 Å². The molecule has 162 valence electrons. The molecule has 1 amide bonds. The second-order valence-corrected chi connectivity index (χ2v) is 7.77. The number of carbonyl (C=O) groups is 1. The maximum Gasteiger partial charge on any atom is 0.230 e. The third-order valence-electron chi connectivity index (χ3n) is 4.94. The number of methoxy groups -OCH3 is 2. The molecule has 3 N–H and O–H groups in total. The van der Waals surface area contributed by atoms with Crippen molar-refractivity contribution in [2.45, 2.75) is 17.6 Å². The highest BCUT2D eigenvalue weighted by Gasteiger charge is 2.23. The lowest BCUT2D eigenvalue weighted by Gasteiger charge is -2.26. The number of rotatable bonds is 7. The number of aromatic nitrogens is 3. The molecule has 1 aromatic heterocycles. The number of nitrogen functional groups attached to an aromatic ring is 1. The van der Waals surface area contributed by atoms with E-state index < -0.39 is 0 Å². The number of hydrogen-bond acceptors (Lipinski definition) is 8. The van der Waals surface area contributed by atoms with Gasteiger partial charge in [0.15, 0.2) is 5.82 Å². The summed E-state index contributed by atoms with van der Waals surface area (Å²) in [5, 5.41) is 11.8. The van der Waals surface area contributed by atoms with Gasteiger partial charge in [0, 0.05) is 18.1 Å². The van der Waals surface area contributed by atoms with Crippen molar-refractivity contribution in [3.63, 3.8) is 0 Å². The zero-order valence-electron chi connectivity index (χ0n) is 17.2. The molecular weight excluding hydrogens is 418 g/mol. The first-order valence-corrected chi connectivity index (χ1v) is 10.7. The van der Waals surface area contributed by atoms with Crippen molar-refractivity contribution >= 4 is 17.7 Å². The van der Waals surface area contributed by atoms with Crippen molar-refractivity contribution in [2.75, 3.05) is 32.4 Å². The minimum atomic E-state index is -0.113. The van der Waals surface area contributed by atoms with Gasteiger partial charge in [-0.15, -0.1) is 10.2 Å². The van der Waals surface area contributed by atoms with Gasteiger partial charge in [-0.05, 0) is 18.2 Å². The Hall–Kier alpha value is -3.40. The van der Waals surface area contributed by atoms with Gasteiger partial charge in [0.2, 0.25) is 11.1 Å². The van der Waals surface area contributed by atoms with E-state index in [9.17, 15) is 4.79 Å². The van der Waals surface area contributed by atoms with Gasteiger partial charge in [-0.3, -0.25) is 4.79 Å². The van der Waals surface area contributed by atoms with E-state index in [0.717, 1.165) is 17.7 Å². The highest BCUT2D eigenvalue weighted by atomic mass is 32.2. The Bertz CT molecular complexity index is 1090. The molecule has 4 rings (SSSR count). The molecule has 2 aromatic carbocycles. The highest BCUT2D eigenvalue weighted by molar-refractivity contribution is 7.99. The first kappa shape index (κ1) is 20.9. The van der Waals surface area contributed by atoms with E-state index in [1.54, 1.807) is 32.4 Å². The third kappa shape index (κ3) is 4.38. The molecule has 0 spiro atoms. The molecule has 0 saturated heterocycles. The van der Waals surface area contributed by atoms with Gasteiger partial charge in [0.1, 0.15) is 17.2 Å². The van der Waals surface area contributed by atoms with Crippen molar-refractivity contribution in [3.05, 3.63) is 48.0 Å². The monoisotopic (exact) mass is 441 g/mol. The summed E-state index contributed by atoms with van der Waals surface area (Å²) in [6, 6.07) is 13.0.